The van der Waals surface area contributed by atoms with E-state index in [0.717, 1.165) is 0 Å². The summed E-state index contributed by atoms with van der Waals surface area (Å²) in [6, 6.07) is -1.03. The van der Waals surface area contributed by atoms with Gasteiger partial charge < -0.3 is 20.8 Å². The zero-order valence-corrected chi connectivity index (χ0v) is 6.70. The summed E-state index contributed by atoms with van der Waals surface area (Å²) >= 11 is 0. The van der Waals surface area contributed by atoms with E-state index in [0.29, 0.717) is 0 Å². The molecule has 0 aliphatic carbocycles. The molecule has 0 bridgehead atoms. The molecule has 0 heterocycles. The predicted octanol–water partition coefficient (Wildman–Crippen LogP) is -1.70. The van der Waals surface area contributed by atoms with Crippen molar-refractivity contribution in [3.63, 3.8) is 0 Å². The summed E-state index contributed by atoms with van der Waals surface area (Å²) in [6.07, 6.45) is -0.438. The molecule has 11 heavy (non-hydrogen) atoms. The zero-order chi connectivity index (χ0) is 8.85. The Labute approximate surface area is 64.9 Å². The highest BCUT2D eigenvalue weighted by Gasteiger charge is 2.10. The van der Waals surface area contributed by atoms with Crippen molar-refractivity contribution >= 4 is 19.5 Å². The molecule has 2 unspecified atom stereocenters. The third-order valence-electron chi connectivity index (χ3n) is 1.02. The molecule has 0 rings (SSSR count). The number of hydrogen-bond donors (Lipinski definition) is 3. The Kier molecular flexibility index (Phi) is 4.98. The number of carbonyl (C=O) groups is 1. The van der Waals surface area contributed by atoms with Crippen LogP contribution in [0.2, 0.25) is 0 Å². The van der Waals surface area contributed by atoms with E-state index in [4.69, 9.17) is 15.9 Å². The van der Waals surface area contributed by atoms with E-state index in [-0.39, 0.29) is 6.42 Å². The van der Waals surface area contributed by atoms with Gasteiger partial charge in [-0.3, -0.25) is 4.79 Å². The average molecular weight is 179 g/mol. The van der Waals surface area contributed by atoms with Gasteiger partial charge in [-0.15, -0.1) is 0 Å². The molecule has 5 nitrogen and oxygen atoms in total. The van der Waals surface area contributed by atoms with Crippen molar-refractivity contribution in [3.05, 3.63) is 0 Å². The van der Waals surface area contributed by atoms with Crippen LogP contribution in [0, 0.1) is 0 Å². The van der Waals surface area contributed by atoms with Crippen LogP contribution < -0.4 is 10.6 Å². The largest absolute Gasteiger partial charge is 0.629 e. The number of aliphatic hydroxyl groups is 1. The van der Waals surface area contributed by atoms with Crippen LogP contribution in [0.15, 0.2) is 0 Å². The number of carboxylic acids is 1. The Morgan fingerprint density at radius 2 is 2.36 bits per heavy atom. The molecule has 0 fully saturated rings. The van der Waals surface area contributed by atoms with Gasteiger partial charge in [-0.1, -0.05) is 0 Å². The number of carboxylic acid groups (broad SMARTS) is 1. The van der Waals surface area contributed by atoms with Gasteiger partial charge in [0.25, 0.3) is 0 Å². The molecular weight excluding hydrogens is 169 g/mol. The summed E-state index contributed by atoms with van der Waals surface area (Å²) < 4.78 is 0. The topological polar surface area (TPSA) is 107 Å². The quantitative estimate of drug-likeness (QED) is 0.446. The summed E-state index contributed by atoms with van der Waals surface area (Å²) in [4.78, 5) is 20.6. The Hall–Kier alpha value is -0.480. The molecule has 0 radical (unpaired) electrons. The van der Waals surface area contributed by atoms with E-state index >= 15 is 0 Å². The second-order valence-electron chi connectivity index (χ2n) is 1.92. The fraction of sp³-hybridized carbons (Fsp3) is 0.600. The van der Waals surface area contributed by atoms with Gasteiger partial charge in [0.2, 0.25) is 0 Å². The highest BCUT2D eigenvalue weighted by molar-refractivity contribution is 7.49. The lowest BCUT2D eigenvalue weighted by Gasteiger charge is -1.99. The molecule has 0 saturated heterocycles. The second-order valence-corrected chi connectivity index (χ2v) is 3.40. The number of hydrogen-bond acceptors (Lipinski definition) is 4. The molecule has 4 N–H and O–H groups in total. The molecule has 0 amide bonds. The standard InChI is InChI=1S/C5H10NO4P/c6-4(5(8)9)1-2-11(10)3-7/h2,4,7H,1,3,6H2,(H,8,9). The first-order valence-electron chi connectivity index (χ1n) is 2.94. The number of aliphatic hydroxyl groups excluding tert-OH is 1. The van der Waals surface area contributed by atoms with Crippen molar-refractivity contribution in [2.24, 2.45) is 5.73 Å². The highest BCUT2D eigenvalue weighted by Crippen LogP contribution is 2.06. The SMILES string of the molecule is NC(CC=[P+]([O-])CO)C(=O)O. The maximum absolute atomic E-state index is 10.5. The number of rotatable bonds is 4. The first-order valence-corrected chi connectivity index (χ1v) is 4.45. The van der Waals surface area contributed by atoms with Crippen LogP contribution in [0.5, 0.6) is 0 Å². The highest BCUT2D eigenvalue weighted by atomic mass is 31.1. The van der Waals surface area contributed by atoms with Gasteiger partial charge in [-0.25, -0.2) is 0 Å². The fourth-order valence-electron chi connectivity index (χ4n) is 0.390. The minimum atomic E-state index is -1.80. The molecular formula is C5H10NO4P. The van der Waals surface area contributed by atoms with Crippen LogP contribution in [0.3, 0.4) is 0 Å². The van der Waals surface area contributed by atoms with Gasteiger partial charge in [0.05, 0.1) is 13.6 Å². The Morgan fingerprint density at radius 3 is 2.73 bits per heavy atom. The van der Waals surface area contributed by atoms with Gasteiger partial charge in [0, 0.05) is 6.42 Å². The molecule has 0 aliphatic rings. The third-order valence-corrected chi connectivity index (χ3v) is 1.92. The van der Waals surface area contributed by atoms with E-state index in [1.165, 1.54) is 5.80 Å². The van der Waals surface area contributed by atoms with Crippen molar-refractivity contribution in [3.8, 4) is 0 Å². The summed E-state index contributed by atoms with van der Waals surface area (Å²) in [7, 11) is -1.80. The fourth-order valence-corrected chi connectivity index (χ4v) is 0.967. The van der Waals surface area contributed by atoms with Crippen LogP contribution in [-0.4, -0.2) is 34.4 Å². The van der Waals surface area contributed by atoms with Crippen LogP contribution in [-0.2, 0) is 4.79 Å². The average Bonchev–Trinajstić information content (AvgIpc) is 1.99. The lowest BCUT2D eigenvalue weighted by Crippen LogP contribution is -2.30. The van der Waals surface area contributed by atoms with Crippen LogP contribution in [0.4, 0.5) is 0 Å². The smallest absolute Gasteiger partial charge is 0.320 e. The minimum Gasteiger partial charge on any atom is -0.629 e. The molecule has 0 aliphatic heterocycles. The van der Waals surface area contributed by atoms with E-state index < -0.39 is 26.1 Å². The number of aliphatic carboxylic acids is 1. The summed E-state index contributed by atoms with van der Waals surface area (Å²) in [5.41, 5.74) is 5.08. The summed E-state index contributed by atoms with van der Waals surface area (Å²) in [5, 5.41) is 16.5. The van der Waals surface area contributed by atoms with Crippen LogP contribution >= 0.6 is 7.77 Å². The third kappa shape index (κ3) is 4.86. The lowest BCUT2D eigenvalue weighted by atomic mass is 10.2. The van der Waals surface area contributed by atoms with Crippen molar-refractivity contribution in [1.29, 1.82) is 0 Å². The van der Waals surface area contributed by atoms with E-state index in [1.54, 1.807) is 0 Å². The van der Waals surface area contributed by atoms with Gasteiger partial charge in [-0.2, -0.15) is 0 Å². The molecule has 6 heteroatoms. The van der Waals surface area contributed by atoms with Crippen molar-refractivity contribution < 1.29 is 19.9 Å². The molecule has 0 spiro atoms. The lowest BCUT2D eigenvalue weighted by molar-refractivity contribution is -0.155. The normalized spacial score (nSPS) is 14.6. The number of nitrogens with two attached hydrogens (primary N) is 1. The van der Waals surface area contributed by atoms with E-state index in [1.807, 2.05) is 0 Å². The zero-order valence-electron chi connectivity index (χ0n) is 5.80. The van der Waals surface area contributed by atoms with Gasteiger partial charge in [-0.05, 0) is 0 Å². The van der Waals surface area contributed by atoms with Crippen LogP contribution in [0.1, 0.15) is 6.42 Å². The Balaban J connectivity index is 3.78. The molecule has 64 valence electrons. The summed E-state index contributed by atoms with van der Waals surface area (Å²) in [5.74, 6) is 0.0799. The second kappa shape index (κ2) is 5.21. The van der Waals surface area contributed by atoms with E-state index in [2.05, 4.69) is 0 Å². The van der Waals surface area contributed by atoms with Crippen molar-refractivity contribution in [2.75, 3.05) is 6.35 Å². The first-order chi connectivity index (χ1) is 5.07. The molecule has 2 atom stereocenters. The van der Waals surface area contributed by atoms with Crippen molar-refractivity contribution in [2.45, 2.75) is 12.5 Å². The molecule has 0 saturated carbocycles. The van der Waals surface area contributed by atoms with Gasteiger partial charge in [0.1, 0.15) is 6.04 Å². The van der Waals surface area contributed by atoms with Crippen LogP contribution in [0.25, 0.3) is 0 Å². The molecule has 0 aromatic rings. The Bertz CT molecular complexity index is 170. The Morgan fingerprint density at radius 1 is 1.82 bits per heavy atom. The van der Waals surface area contributed by atoms with Gasteiger partial charge >= 0.3 is 5.97 Å². The maximum Gasteiger partial charge on any atom is 0.320 e. The molecule has 0 aromatic heterocycles. The minimum absolute atomic E-state index is 0.0189. The monoisotopic (exact) mass is 179 g/mol. The molecule has 0 aromatic carbocycles. The maximum atomic E-state index is 10.5. The van der Waals surface area contributed by atoms with Gasteiger partial charge in [0.15, 0.2) is 6.35 Å². The summed E-state index contributed by atoms with van der Waals surface area (Å²) in [6.45, 7) is 0. The van der Waals surface area contributed by atoms with Crippen molar-refractivity contribution in [1.82, 2.24) is 0 Å². The predicted molar refractivity (Wildman–Crippen MR) is 40.3 cm³/mol. The van der Waals surface area contributed by atoms with E-state index in [9.17, 15) is 9.69 Å². The first kappa shape index (κ1) is 10.5.